The molecule has 1 saturated heterocycles. The summed E-state index contributed by atoms with van der Waals surface area (Å²) < 4.78 is 73.8. The van der Waals surface area contributed by atoms with Gasteiger partial charge < -0.3 is 9.47 Å². The van der Waals surface area contributed by atoms with Gasteiger partial charge in [-0.25, -0.2) is 4.39 Å². The number of halogens is 5. The lowest BCUT2D eigenvalue weighted by Crippen LogP contribution is -2.29. The molecule has 6 nitrogen and oxygen atoms in total. The molecule has 0 aromatic heterocycles. The minimum Gasteiger partial charge on any atom is -0.465 e. The monoisotopic (exact) mass is 512 g/mol. The molecule has 1 heterocycles. The number of ether oxygens (including phenoxy) is 2. The summed E-state index contributed by atoms with van der Waals surface area (Å²) in [6, 6.07) is 7.89. The van der Waals surface area contributed by atoms with Gasteiger partial charge in [0, 0.05) is 18.3 Å². The molecular weight excluding hydrogens is 487 g/mol. The minimum atomic E-state index is -5.32. The molecule has 1 aliphatic heterocycles. The van der Waals surface area contributed by atoms with Crippen molar-refractivity contribution in [1.82, 2.24) is 4.90 Å². The summed E-state index contributed by atoms with van der Waals surface area (Å²) in [7, 11) is 0. The molecule has 1 atom stereocenters. The smallest absolute Gasteiger partial charge is 0.465 e. The second kappa shape index (κ2) is 12.1. The van der Waals surface area contributed by atoms with Crippen LogP contribution >= 0.6 is 0 Å². The summed E-state index contributed by atoms with van der Waals surface area (Å²) in [5.41, 5.74) is 0.689. The third kappa shape index (κ3) is 7.58. The van der Waals surface area contributed by atoms with Gasteiger partial charge in [0.05, 0.1) is 12.3 Å². The number of Topliss-reactive ketones (excluding diaryl/α,β-unsaturated/α-hetero) is 1. The predicted molar refractivity (Wildman–Crippen MR) is 121 cm³/mol. The van der Waals surface area contributed by atoms with E-state index in [-0.39, 0.29) is 6.61 Å². The van der Waals surface area contributed by atoms with Gasteiger partial charge in [0.15, 0.2) is 23.3 Å². The standard InChI is InChI=1S/C25H25F5N2O4/c1-2-35-24(34)19(23(33)17-12-20(26)22(27)21(13-17)36-25(28,29)30)14-31-18-8-6-7-16(11-18)15-32-9-4-3-5-10-32/h6-8,11-14,19H,2-5,9-10,15H2,1H3. The van der Waals surface area contributed by atoms with Gasteiger partial charge in [-0.1, -0.05) is 18.6 Å². The van der Waals surface area contributed by atoms with Gasteiger partial charge in [0.25, 0.3) is 0 Å². The van der Waals surface area contributed by atoms with Crippen LogP contribution in [0.2, 0.25) is 0 Å². The fourth-order valence-electron chi connectivity index (χ4n) is 3.82. The van der Waals surface area contributed by atoms with Crippen LogP contribution in [0, 0.1) is 17.6 Å². The molecule has 194 valence electrons. The van der Waals surface area contributed by atoms with Crippen molar-refractivity contribution in [2.45, 2.75) is 39.1 Å². The van der Waals surface area contributed by atoms with Gasteiger partial charge in [0.2, 0.25) is 5.82 Å². The van der Waals surface area contributed by atoms with Crippen molar-refractivity contribution in [1.29, 1.82) is 0 Å². The molecule has 1 aliphatic rings. The fourth-order valence-corrected chi connectivity index (χ4v) is 3.82. The molecule has 0 aliphatic carbocycles. The molecule has 0 saturated carbocycles. The number of hydrogen-bond acceptors (Lipinski definition) is 6. The van der Waals surface area contributed by atoms with E-state index < -0.39 is 47.0 Å². The number of aliphatic imine (C=N–C) groups is 1. The number of carbonyl (C=O) groups excluding carboxylic acids is 2. The number of nitrogens with zero attached hydrogens (tertiary/aromatic N) is 2. The van der Waals surface area contributed by atoms with Gasteiger partial charge in [-0.3, -0.25) is 19.5 Å². The zero-order valence-corrected chi connectivity index (χ0v) is 19.5. The SMILES string of the molecule is CCOC(=O)C(C=Nc1cccc(CN2CCCCC2)c1)C(=O)c1cc(F)c(F)c(OC(F)(F)F)c1. The number of rotatable bonds is 9. The number of piperidine rings is 1. The zero-order valence-electron chi connectivity index (χ0n) is 19.5. The average molecular weight is 512 g/mol. The molecule has 1 fully saturated rings. The van der Waals surface area contributed by atoms with Gasteiger partial charge >= 0.3 is 12.3 Å². The van der Waals surface area contributed by atoms with E-state index in [1.54, 1.807) is 18.2 Å². The maximum absolute atomic E-state index is 13.9. The van der Waals surface area contributed by atoms with Crippen LogP contribution < -0.4 is 4.74 Å². The summed E-state index contributed by atoms with van der Waals surface area (Å²) >= 11 is 0. The van der Waals surface area contributed by atoms with Crippen LogP contribution in [-0.2, 0) is 16.1 Å². The first-order valence-corrected chi connectivity index (χ1v) is 11.4. The van der Waals surface area contributed by atoms with Gasteiger partial charge in [-0.05, 0) is 62.7 Å². The average Bonchev–Trinajstić information content (AvgIpc) is 2.82. The molecule has 11 heteroatoms. The summed E-state index contributed by atoms with van der Waals surface area (Å²) in [5.74, 6) is -9.08. The number of ketones is 1. The zero-order chi connectivity index (χ0) is 26.3. The van der Waals surface area contributed by atoms with Crippen LogP contribution in [0.25, 0.3) is 0 Å². The molecule has 3 rings (SSSR count). The lowest BCUT2D eigenvalue weighted by atomic mass is 9.98. The van der Waals surface area contributed by atoms with Crippen LogP contribution in [0.3, 0.4) is 0 Å². The van der Waals surface area contributed by atoms with Crippen molar-refractivity contribution < 1.29 is 41.0 Å². The second-order valence-electron chi connectivity index (χ2n) is 8.20. The van der Waals surface area contributed by atoms with Crippen LogP contribution in [-0.4, -0.2) is 48.9 Å². The van der Waals surface area contributed by atoms with Crippen molar-refractivity contribution in [3.8, 4) is 5.75 Å². The first-order chi connectivity index (χ1) is 17.1. The molecule has 0 N–H and O–H groups in total. The van der Waals surface area contributed by atoms with Crippen molar-refractivity contribution in [3.63, 3.8) is 0 Å². The van der Waals surface area contributed by atoms with E-state index in [1.807, 2.05) is 6.07 Å². The fraction of sp³-hybridized carbons (Fsp3) is 0.400. The molecule has 0 bridgehead atoms. The Hall–Kier alpha value is -3.34. The summed E-state index contributed by atoms with van der Waals surface area (Å²) in [6.45, 7) is 4.08. The largest absolute Gasteiger partial charge is 0.573 e. The Morgan fingerprint density at radius 2 is 1.83 bits per heavy atom. The Labute approximate surface area is 204 Å². The van der Waals surface area contributed by atoms with Gasteiger partial charge in [-0.2, -0.15) is 4.39 Å². The van der Waals surface area contributed by atoms with Gasteiger partial charge in [-0.15, -0.1) is 13.2 Å². The Morgan fingerprint density at radius 3 is 2.50 bits per heavy atom. The Kier molecular flexibility index (Phi) is 9.14. The third-order valence-electron chi connectivity index (χ3n) is 5.47. The highest BCUT2D eigenvalue weighted by Gasteiger charge is 2.35. The summed E-state index contributed by atoms with van der Waals surface area (Å²) in [6.07, 6.45) is -0.893. The van der Waals surface area contributed by atoms with Crippen molar-refractivity contribution >= 4 is 23.7 Å². The van der Waals surface area contributed by atoms with Crippen molar-refractivity contribution in [3.05, 3.63) is 59.2 Å². The topological polar surface area (TPSA) is 68.2 Å². The van der Waals surface area contributed by atoms with E-state index in [2.05, 4.69) is 14.6 Å². The molecule has 0 amide bonds. The van der Waals surface area contributed by atoms with Crippen LogP contribution in [0.5, 0.6) is 5.75 Å². The lowest BCUT2D eigenvalue weighted by molar-refractivity contribution is -0.275. The van der Waals surface area contributed by atoms with E-state index in [4.69, 9.17) is 4.74 Å². The number of benzene rings is 2. The molecule has 36 heavy (non-hydrogen) atoms. The molecule has 0 radical (unpaired) electrons. The van der Waals surface area contributed by atoms with Gasteiger partial charge in [0.1, 0.15) is 0 Å². The maximum Gasteiger partial charge on any atom is 0.573 e. The van der Waals surface area contributed by atoms with Crippen LogP contribution in [0.15, 0.2) is 41.4 Å². The first kappa shape index (κ1) is 27.3. The molecule has 2 aromatic rings. The van der Waals surface area contributed by atoms with Crippen molar-refractivity contribution in [2.24, 2.45) is 10.9 Å². The predicted octanol–water partition coefficient (Wildman–Crippen LogP) is 5.61. The maximum atomic E-state index is 13.9. The minimum absolute atomic E-state index is 0.0953. The number of likely N-dealkylation sites (tertiary alicyclic amines) is 1. The van der Waals surface area contributed by atoms with E-state index in [0.29, 0.717) is 24.4 Å². The number of carbonyl (C=O) groups is 2. The Morgan fingerprint density at radius 1 is 1.11 bits per heavy atom. The lowest BCUT2D eigenvalue weighted by Gasteiger charge is -2.26. The van der Waals surface area contributed by atoms with Crippen LogP contribution in [0.4, 0.5) is 27.6 Å². The number of esters is 1. The normalized spacial score (nSPS) is 15.6. The molecular formula is C25H25F5N2O4. The first-order valence-electron chi connectivity index (χ1n) is 11.4. The second-order valence-corrected chi connectivity index (χ2v) is 8.20. The Bertz CT molecular complexity index is 1110. The molecule has 0 spiro atoms. The molecule has 1 unspecified atom stereocenters. The third-order valence-corrected chi connectivity index (χ3v) is 5.47. The number of hydrogen-bond donors (Lipinski definition) is 0. The summed E-state index contributed by atoms with van der Waals surface area (Å²) in [5, 5.41) is 0. The van der Waals surface area contributed by atoms with Crippen molar-refractivity contribution in [2.75, 3.05) is 19.7 Å². The van der Waals surface area contributed by atoms with E-state index in [9.17, 15) is 31.5 Å². The van der Waals surface area contributed by atoms with E-state index in [1.165, 1.54) is 13.3 Å². The highest BCUT2D eigenvalue weighted by molar-refractivity contribution is 6.18. The van der Waals surface area contributed by atoms with Crippen LogP contribution in [0.1, 0.15) is 42.1 Å². The molecule has 2 aromatic carbocycles. The Balaban J connectivity index is 1.86. The summed E-state index contributed by atoms with van der Waals surface area (Å²) in [4.78, 5) is 31.9. The highest BCUT2D eigenvalue weighted by atomic mass is 19.4. The quantitative estimate of drug-likeness (QED) is 0.144. The number of alkyl halides is 3. The van der Waals surface area contributed by atoms with E-state index >= 15 is 0 Å². The van der Waals surface area contributed by atoms with E-state index in [0.717, 1.165) is 37.7 Å². The highest BCUT2D eigenvalue weighted by Crippen LogP contribution is 2.29.